The second-order valence-corrected chi connectivity index (χ2v) is 7.07. The van der Waals surface area contributed by atoms with Crippen LogP contribution in [0.15, 0.2) is 42.9 Å². The van der Waals surface area contributed by atoms with Gasteiger partial charge in [0.15, 0.2) is 0 Å². The highest BCUT2D eigenvalue weighted by Crippen LogP contribution is 2.20. The lowest BCUT2D eigenvalue weighted by molar-refractivity contribution is -0.132. The van der Waals surface area contributed by atoms with Crippen LogP contribution in [0.5, 0.6) is 0 Å². The van der Waals surface area contributed by atoms with E-state index in [1.54, 1.807) is 23.3 Å². The number of aromatic nitrogens is 5. The van der Waals surface area contributed by atoms with E-state index < -0.39 is 0 Å². The van der Waals surface area contributed by atoms with Crippen molar-refractivity contribution < 1.29 is 4.79 Å². The van der Waals surface area contributed by atoms with Gasteiger partial charge in [-0.25, -0.2) is 15.0 Å². The summed E-state index contributed by atoms with van der Waals surface area (Å²) in [4.78, 5) is 29.9. The standard InChI is InChI=1S/C20H24N8O/c1-15-4-6-21-17(12-15)25-18-13-19(24-16(2)23-18)26-8-10-27(11-9-26)20(29)14-28-7-3-5-22-28/h3-7,12-13H,8-11,14H2,1-2H3,(H,21,23,24,25). The Bertz CT molecular complexity index is 980. The van der Waals surface area contributed by atoms with Gasteiger partial charge in [-0.1, -0.05) is 0 Å². The fourth-order valence-electron chi connectivity index (χ4n) is 3.33. The number of carbonyl (C=O) groups is 1. The minimum absolute atomic E-state index is 0.0834. The number of aryl methyl sites for hydroxylation is 2. The van der Waals surface area contributed by atoms with Crippen molar-refractivity contribution in [2.24, 2.45) is 0 Å². The summed E-state index contributed by atoms with van der Waals surface area (Å²) in [5.41, 5.74) is 1.13. The molecule has 1 fully saturated rings. The van der Waals surface area contributed by atoms with Gasteiger partial charge in [0, 0.05) is 50.8 Å². The lowest BCUT2D eigenvalue weighted by Gasteiger charge is -2.35. The molecule has 4 rings (SSSR count). The van der Waals surface area contributed by atoms with Crippen LogP contribution in [0, 0.1) is 13.8 Å². The normalized spacial score (nSPS) is 14.1. The van der Waals surface area contributed by atoms with E-state index in [0.717, 1.165) is 30.3 Å². The van der Waals surface area contributed by atoms with Crippen LogP contribution >= 0.6 is 0 Å². The van der Waals surface area contributed by atoms with Crippen molar-refractivity contribution in [3.05, 3.63) is 54.2 Å². The van der Waals surface area contributed by atoms with Crippen LogP contribution in [0.4, 0.5) is 17.5 Å². The number of carbonyl (C=O) groups excluding carboxylic acids is 1. The third-order valence-electron chi connectivity index (χ3n) is 4.81. The van der Waals surface area contributed by atoms with Crippen LogP contribution in [0.3, 0.4) is 0 Å². The summed E-state index contributed by atoms with van der Waals surface area (Å²) in [6.07, 6.45) is 5.25. The molecule has 1 amide bonds. The van der Waals surface area contributed by atoms with Gasteiger partial charge in [-0.05, 0) is 37.6 Å². The summed E-state index contributed by atoms with van der Waals surface area (Å²) in [7, 11) is 0. The quantitative estimate of drug-likeness (QED) is 0.707. The summed E-state index contributed by atoms with van der Waals surface area (Å²) in [6.45, 7) is 6.94. The Balaban J connectivity index is 1.40. The van der Waals surface area contributed by atoms with Crippen molar-refractivity contribution in [3.8, 4) is 0 Å². The predicted octanol–water partition coefficient (Wildman–Crippen LogP) is 1.78. The first kappa shape index (κ1) is 18.9. The fraction of sp³-hybridized carbons (Fsp3) is 0.350. The maximum absolute atomic E-state index is 12.5. The van der Waals surface area contributed by atoms with E-state index in [2.05, 4.69) is 30.3 Å². The van der Waals surface area contributed by atoms with E-state index >= 15 is 0 Å². The molecule has 1 aliphatic rings. The Morgan fingerprint density at radius 3 is 2.62 bits per heavy atom. The molecule has 4 heterocycles. The van der Waals surface area contributed by atoms with Gasteiger partial charge in [-0.15, -0.1) is 0 Å². The summed E-state index contributed by atoms with van der Waals surface area (Å²) in [5, 5.41) is 7.36. The SMILES string of the molecule is Cc1ccnc(Nc2cc(N3CCN(C(=O)Cn4cccn4)CC3)nc(C)n2)c1. The number of pyridine rings is 1. The molecule has 1 saturated heterocycles. The average molecular weight is 392 g/mol. The summed E-state index contributed by atoms with van der Waals surface area (Å²) < 4.78 is 1.65. The van der Waals surface area contributed by atoms with Crippen molar-refractivity contribution in [1.29, 1.82) is 0 Å². The van der Waals surface area contributed by atoms with E-state index in [-0.39, 0.29) is 12.5 Å². The number of piperazine rings is 1. The molecule has 9 heteroatoms. The third-order valence-corrected chi connectivity index (χ3v) is 4.81. The number of amides is 1. The van der Waals surface area contributed by atoms with Crippen LogP contribution in [0.25, 0.3) is 0 Å². The molecule has 150 valence electrons. The summed E-state index contributed by atoms with van der Waals surface area (Å²) in [5.74, 6) is 3.09. The minimum Gasteiger partial charge on any atom is -0.353 e. The number of rotatable bonds is 5. The van der Waals surface area contributed by atoms with Crippen molar-refractivity contribution in [1.82, 2.24) is 29.6 Å². The molecule has 3 aromatic rings. The zero-order chi connectivity index (χ0) is 20.2. The lowest BCUT2D eigenvalue weighted by Crippen LogP contribution is -2.50. The first-order chi connectivity index (χ1) is 14.1. The summed E-state index contributed by atoms with van der Waals surface area (Å²) in [6, 6.07) is 7.68. The second-order valence-electron chi connectivity index (χ2n) is 7.07. The maximum Gasteiger partial charge on any atom is 0.244 e. The third kappa shape index (κ3) is 4.68. The van der Waals surface area contributed by atoms with Gasteiger partial charge >= 0.3 is 0 Å². The number of nitrogens with zero attached hydrogens (tertiary/aromatic N) is 7. The van der Waals surface area contributed by atoms with E-state index in [1.807, 2.05) is 43.0 Å². The second kappa shape index (κ2) is 8.26. The van der Waals surface area contributed by atoms with Gasteiger partial charge in [0.25, 0.3) is 0 Å². The number of hydrogen-bond donors (Lipinski definition) is 1. The molecule has 0 radical (unpaired) electrons. The molecule has 9 nitrogen and oxygen atoms in total. The predicted molar refractivity (Wildman–Crippen MR) is 110 cm³/mol. The molecular weight excluding hydrogens is 368 g/mol. The highest BCUT2D eigenvalue weighted by molar-refractivity contribution is 5.76. The van der Waals surface area contributed by atoms with Gasteiger partial charge < -0.3 is 15.1 Å². The van der Waals surface area contributed by atoms with Gasteiger partial charge in [0.05, 0.1) is 0 Å². The van der Waals surface area contributed by atoms with Gasteiger partial charge in [0.2, 0.25) is 5.91 Å². The number of hydrogen-bond acceptors (Lipinski definition) is 7. The molecule has 0 atom stereocenters. The molecule has 29 heavy (non-hydrogen) atoms. The molecule has 1 N–H and O–H groups in total. The topological polar surface area (TPSA) is 92.1 Å². The Labute approximate surface area is 169 Å². The van der Waals surface area contributed by atoms with Crippen molar-refractivity contribution in [2.45, 2.75) is 20.4 Å². The zero-order valence-electron chi connectivity index (χ0n) is 16.6. The van der Waals surface area contributed by atoms with Crippen LogP contribution in [0.1, 0.15) is 11.4 Å². The molecule has 1 aliphatic heterocycles. The molecule has 0 bridgehead atoms. The maximum atomic E-state index is 12.5. The Kier molecular flexibility index (Phi) is 5.37. The van der Waals surface area contributed by atoms with Crippen LogP contribution < -0.4 is 10.2 Å². The molecule has 0 unspecified atom stereocenters. The first-order valence-electron chi connectivity index (χ1n) is 9.62. The molecule has 3 aromatic heterocycles. The highest BCUT2D eigenvalue weighted by atomic mass is 16.2. The van der Waals surface area contributed by atoms with Crippen LogP contribution in [0.2, 0.25) is 0 Å². The highest BCUT2D eigenvalue weighted by Gasteiger charge is 2.22. The van der Waals surface area contributed by atoms with Gasteiger partial charge in [-0.2, -0.15) is 5.10 Å². The first-order valence-corrected chi connectivity index (χ1v) is 9.62. The fourth-order valence-corrected chi connectivity index (χ4v) is 3.33. The lowest BCUT2D eigenvalue weighted by atomic mass is 10.3. The molecule has 0 aromatic carbocycles. The van der Waals surface area contributed by atoms with E-state index in [0.29, 0.717) is 24.7 Å². The number of nitrogens with one attached hydrogen (secondary N) is 1. The Morgan fingerprint density at radius 2 is 1.90 bits per heavy atom. The smallest absolute Gasteiger partial charge is 0.244 e. The monoisotopic (exact) mass is 392 g/mol. The van der Waals surface area contributed by atoms with Crippen LogP contribution in [-0.4, -0.2) is 61.7 Å². The molecule has 0 spiro atoms. The Morgan fingerprint density at radius 1 is 1.07 bits per heavy atom. The van der Waals surface area contributed by atoms with Crippen molar-refractivity contribution in [2.75, 3.05) is 36.4 Å². The Hall–Kier alpha value is -3.49. The van der Waals surface area contributed by atoms with Crippen molar-refractivity contribution >= 4 is 23.4 Å². The molecule has 0 aliphatic carbocycles. The summed E-state index contributed by atoms with van der Waals surface area (Å²) >= 11 is 0. The zero-order valence-corrected chi connectivity index (χ0v) is 16.6. The van der Waals surface area contributed by atoms with Gasteiger partial charge in [-0.3, -0.25) is 9.48 Å². The van der Waals surface area contributed by atoms with E-state index in [9.17, 15) is 4.79 Å². The minimum atomic E-state index is 0.0834. The van der Waals surface area contributed by atoms with Gasteiger partial charge in [0.1, 0.15) is 29.8 Å². The van der Waals surface area contributed by atoms with E-state index in [4.69, 9.17) is 0 Å². The average Bonchev–Trinajstić information content (AvgIpc) is 3.21. The molecular formula is C20H24N8O. The molecule has 0 saturated carbocycles. The van der Waals surface area contributed by atoms with Crippen LogP contribution in [-0.2, 0) is 11.3 Å². The number of anilines is 3. The van der Waals surface area contributed by atoms with E-state index in [1.165, 1.54) is 0 Å². The largest absolute Gasteiger partial charge is 0.353 e. The van der Waals surface area contributed by atoms with Crippen molar-refractivity contribution in [3.63, 3.8) is 0 Å².